The van der Waals surface area contributed by atoms with E-state index in [2.05, 4.69) is 4.72 Å². The number of rotatable bonds is 7. The molecule has 0 saturated carbocycles. The Bertz CT molecular complexity index is 832. The average Bonchev–Trinajstić information content (AvgIpc) is 2.56. The number of primary amides is 1. The number of nitrogens with two attached hydrogens (primary N) is 1. The summed E-state index contributed by atoms with van der Waals surface area (Å²) < 4.78 is 32.5. The molecule has 0 saturated heterocycles. The van der Waals surface area contributed by atoms with Crippen molar-refractivity contribution in [3.63, 3.8) is 0 Å². The van der Waals surface area contributed by atoms with E-state index in [9.17, 15) is 18.3 Å². The van der Waals surface area contributed by atoms with E-state index in [-0.39, 0.29) is 17.1 Å². The zero-order chi connectivity index (χ0) is 17.7. The van der Waals surface area contributed by atoms with Gasteiger partial charge in [-0.25, -0.2) is 8.42 Å². The highest BCUT2D eigenvalue weighted by molar-refractivity contribution is 7.92. The molecule has 1 amide bonds. The van der Waals surface area contributed by atoms with E-state index in [4.69, 9.17) is 10.5 Å². The van der Waals surface area contributed by atoms with Crippen LogP contribution in [-0.2, 0) is 16.6 Å². The number of nitrogens with one attached hydrogen (secondary N) is 1. The highest BCUT2D eigenvalue weighted by Gasteiger charge is 2.15. The summed E-state index contributed by atoms with van der Waals surface area (Å²) in [5, 5.41) is 9.37. The molecule has 24 heavy (non-hydrogen) atoms. The first kappa shape index (κ1) is 17.8. The van der Waals surface area contributed by atoms with Gasteiger partial charge in [-0.3, -0.25) is 9.52 Å². The Morgan fingerprint density at radius 1 is 1.21 bits per heavy atom. The third-order valence-corrected chi connectivity index (χ3v) is 4.63. The summed E-state index contributed by atoms with van der Waals surface area (Å²) in [6.45, 7) is 1.97. The molecular formula is C16H18N2O5S. The Kier molecular flexibility index (Phi) is 5.42. The first-order valence-corrected chi connectivity index (χ1v) is 8.65. The van der Waals surface area contributed by atoms with Gasteiger partial charge in [0, 0.05) is 16.8 Å². The SMILES string of the molecule is CCOc1ccc(NS(=O)(=O)c2ccc(C(N)=O)cc2)cc1CO. The minimum atomic E-state index is -3.83. The maximum atomic E-state index is 12.4. The zero-order valence-corrected chi connectivity index (χ0v) is 13.8. The monoisotopic (exact) mass is 350 g/mol. The highest BCUT2D eigenvalue weighted by atomic mass is 32.2. The van der Waals surface area contributed by atoms with E-state index >= 15 is 0 Å². The minimum absolute atomic E-state index is 0.00747. The van der Waals surface area contributed by atoms with E-state index < -0.39 is 15.9 Å². The van der Waals surface area contributed by atoms with Crippen LogP contribution >= 0.6 is 0 Å². The van der Waals surface area contributed by atoms with Crippen LogP contribution in [0.3, 0.4) is 0 Å². The van der Waals surface area contributed by atoms with Crippen molar-refractivity contribution in [2.24, 2.45) is 5.73 Å². The van der Waals surface area contributed by atoms with Crippen LogP contribution in [0.4, 0.5) is 5.69 Å². The fourth-order valence-electron chi connectivity index (χ4n) is 2.08. The molecule has 8 heteroatoms. The van der Waals surface area contributed by atoms with Crippen molar-refractivity contribution in [3.05, 3.63) is 53.6 Å². The summed E-state index contributed by atoms with van der Waals surface area (Å²) in [5.74, 6) is -0.139. The van der Waals surface area contributed by atoms with Crippen molar-refractivity contribution in [3.8, 4) is 5.75 Å². The molecule has 0 atom stereocenters. The molecule has 2 aromatic carbocycles. The number of benzene rings is 2. The number of hydrogen-bond donors (Lipinski definition) is 3. The van der Waals surface area contributed by atoms with Crippen LogP contribution in [-0.4, -0.2) is 26.0 Å². The van der Waals surface area contributed by atoms with Crippen molar-refractivity contribution < 1.29 is 23.1 Å². The van der Waals surface area contributed by atoms with Gasteiger partial charge in [0.25, 0.3) is 10.0 Å². The summed E-state index contributed by atoms with van der Waals surface area (Å²) in [7, 11) is -3.83. The number of aliphatic hydroxyl groups is 1. The number of sulfonamides is 1. The zero-order valence-electron chi connectivity index (χ0n) is 13.0. The molecule has 4 N–H and O–H groups in total. The lowest BCUT2D eigenvalue weighted by molar-refractivity contribution is 0.1000. The van der Waals surface area contributed by atoms with Crippen LogP contribution in [0.2, 0.25) is 0 Å². The fraction of sp³-hybridized carbons (Fsp3) is 0.188. The molecule has 2 aromatic rings. The lowest BCUT2D eigenvalue weighted by atomic mass is 10.2. The van der Waals surface area contributed by atoms with Crippen molar-refractivity contribution in [1.82, 2.24) is 0 Å². The van der Waals surface area contributed by atoms with E-state index in [1.54, 1.807) is 12.1 Å². The van der Waals surface area contributed by atoms with Crippen LogP contribution in [0.15, 0.2) is 47.4 Å². The van der Waals surface area contributed by atoms with Gasteiger partial charge in [0.1, 0.15) is 5.75 Å². The summed E-state index contributed by atoms with van der Waals surface area (Å²) in [6, 6.07) is 9.90. The molecule has 0 radical (unpaired) electrons. The van der Waals surface area contributed by atoms with Crippen LogP contribution < -0.4 is 15.2 Å². The Hall–Kier alpha value is -2.58. The van der Waals surface area contributed by atoms with Crippen LogP contribution in [0.5, 0.6) is 5.75 Å². The Morgan fingerprint density at radius 3 is 2.42 bits per heavy atom. The number of hydrogen-bond acceptors (Lipinski definition) is 5. The number of carbonyl (C=O) groups is 1. The van der Waals surface area contributed by atoms with Gasteiger partial charge in [-0.2, -0.15) is 0 Å². The van der Waals surface area contributed by atoms with Crippen LogP contribution in [0, 0.1) is 0 Å². The van der Waals surface area contributed by atoms with Crippen LogP contribution in [0.25, 0.3) is 0 Å². The van der Waals surface area contributed by atoms with Gasteiger partial charge < -0.3 is 15.6 Å². The van der Waals surface area contributed by atoms with E-state index in [1.807, 2.05) is 6.92 Å². The molecule has 0 aliphatic carbocycles. The molecule has 0 aliphatic heterocycles. The molecule has 0 aliphatic rings. The summed E-state index contributed by atoms with van der Waals surface area (Å²) in [4.78, 5) is 11.0. The quantitative estimate of drug-likeness (QED) is 0.699. The lowest BCUT2D eigenvalue weighted by Crippen LogP contribution is -2.15. The van der Waals surface area contributed by atoms with Gasteiger partial charge in [0.15, 0.2) is 0 Å². The molecule has 128 valence electrons. The Morgan fingerprint density at radius 2 is 1.88 bits per heavy atom. The van der Waals surface area contributed by atoms with E-state index in [1.165, 1.54) is 30.3 Å². The van der Waals surface area contributed by atoms with Crippen molar-refractivity contribution in [1.29, 1.82) is 0 Å². The molecule has 0 unspecified atom stereocenters. The molecule has 0 spiro atoms. The van der Waals surface area contributed by atoms with Crippen LogP contribution in [0.1, 0.15) is 22.8 Å². The number of amides is 1. The third-order valence-electron chi connectivity index (χ3n) is 3.23. The van der Waals surface area contributed by atoms with Gasteiger partial charge in [0.2, 0.25) is 5.91 Å². The van der Waals surface area contributed by atoms with Crippen molar-refractivity contribution in [2.75, 3.05) is 11.3 Å². The number of carbonyl (C=O) groups excluding carboxylic acids is 1. The van der Waals surface area contributed by atoms with Gasteiger partial charge in [-0.05, 0) is 49.4 Å². The lowest BCUT2D eigenvalue weighted by Gasteiger charge is -2.12. The summed E-state index contributed by atoms with van der Waals surface area (Å²) in [5.41, 5.74) is 6.11. The summed E-state index contributed by atoms with van der Waals surface area (Å²) in [6.07, 6.45) is 0. The van der Waals surface area contributed by atoms with Crippen molar-refractivity contribution in [2.45, 2.75) is 18.4 Å². The van der Waals surface area contributed by atoms with Gasteiger partial charge >= 0.3 is 0 Å². The largest absolute Gasteiger partial charge is 0.494 e. The van der Waals surface area contributed by atoms with Gasteiger partial charge in [-0.1, -0.05) is 0 Å². The number of ether oxygens (including phenoxy) is 1. The third kappa shape index (κ3) is 4.03. The molecule has 0 aromatic heterocycles. The van der Waals surface area contributed by atoms with E-state index in [0.29, 0.717) is 23.6 Å². The average molecular weight is 350 g/mol. The first-order valence-electron chi connectivity index (χ1n) is 7.16. The minimum Gasteiger partial charge on any atom is -0.494 e. The highest BCUT2D eigenvalue weighted by Crippen LogP contribution is 2.25. The van der Waals surface area contributed by atoms with Gasteiger partial charge in [-0.15, -0.1) is 0 Å². The Balaban J connectivity index is 2.27. The summed E-state index contributed by atoms with van der Waals surface area (Å²) >= 11 is 0. The fourth-order valence-corrected chi connectivity index (χ4v) is 3.12. The normalized spacial score (nSPS) is 11.1. The Labute approximate surface area is 140 Å². The maximum absolute atomic E-state index is 12.4. The van der Waals surface area contributed by atoms with E-state index in [0.717, 1.165) is 0 Å². The second-order valence-electron chi connectivity index (χ2n) is 4.91. The predicted molar refractivity (Wildman–Crippen MR) is 89.3 cm³/mol. The number of aliphatic hydroxyl groups excluding tert-OH is 1. The van der Waals surface area contributed by atoms with Gasteiger partial charge in [0.05, 0.1) is 18.1 Å². The topological polar surface area (TPSA) is 119 Å². The molecule has 0 fully saturated rings. The second kappa shape index (κ2) is 7.33. The molecule has 7 nitrogen and oxygen atoms in total. The standard InChI is InChI=1S/C16H18N2O5S/c1-2-23-15-8-5-13(9-12(15)10-19)18-24(21,22)14-6-3-11(4-7-14)16(17)20/h3-9,18-19H,2,10H2,1H3,(H2,17,20). The smallest absolute Gasteiger partial charge is 0.261 e. The maximum Gasteiger partial charge on any atom is 0.261 e. The number of anilines is 1. The van der Waals surface area contributed by atoms with Crippen molar-refractivity contribution >= 4 is 21.6 Å². The molecule has 0 heterocycles. The first-order chi connectivity index (χ1) is 11.4. The molecule has 2 rings (SSSR count). The second-order valence-corrected chi connectivity index (χ2v) is 6.59. The molecular weight excluding hydrogens is 332 g/mol. The predicted octanol–water partition coefficient (Wildman–Crippen LogP) is 1.48. The molecule has 0 bridgehead atoms.